The first kappa shape index (κ1) is 13.0. The van der Waals surface area contributed by atoms with Gasteiger partial charge in [0.2, 0.25) is 5.88 Å². The van der Waals surface area contributed by atoms with Gasteiger partial charge in [-0.2, -0.15) is 0 Å². The predicted molar refractivity (Wildman–Crippen MR) is 73.0 cm³/mol. The Balaban J connectivity index is 2.34. The van der Waals surface area contributed by atoms with Crippen LogP contribution in [0.5, 0.6) is 23.1 Å². The van der Waals surface area contributed by atoms with Gasteiger partial charge < -0.3 is 19.9 Å². The minimum atomic E-state index is 0.371. The molecule has 0 fully saturated rings. The van der Waals surface area contributed by atoms with Crippen molar-refractivity contribution in [3.8, 4) is 23.1 Å². The molecule has 0 aliphatic heterocycles. The van der Waals surface area contributed by atoms with E-state index in [-0.39, 0.29) is 0 Å². The van der Waals surface area contributed by atoms with E-state index in [1.54, 1.807) is 38.5 Å². The highest BCUT2D eigenvalue weighted by Gasteiger charge is 2.07. The number of nitrogens with zero attached hydrogens (tertiary/aromatic N) is 1. The summed E-state index contributed by atoms with van der Waals surface area (Å²) in [6.07, 6.45) is 0. The molecule has 0 saturated carbocycles. The molecule has 1 aromatic heterocycles. The lowest BCUT2D eigenvalue weighted by molar-refractivity contribution is 0.385. The van der Waals surface area contributed by atoms with Gasteiger partial charge in [-0.05, 0) is 19.1 Å². The second-order valence-corrected chi connectivity index (χ2v) is 4.00. The number of hydrogen-bond donors (Lipinski definition) is 1. The van der Waals surface area contributed by atoms with E-state index in [1.807, 2.05) is 13.0 Å². The minimum absolute atomic E-state index is 0.371. The van der Waals surface area contributed by atoms with Crippen molar-refractivity contribution >= 4 is 5.69 Å². The van der Waals surface area contributed by atoms with Crippen LogP contribution in [0.2, 0.25) is 0 Å². The Hall–Kier alpha value is -2.43. The lowest BCUT2D eigenvalue weighted by Crippen LogP contribution is -1.97. The predicted octanol–water partition coefficient (Wildman–Crippen LogP) is 2.78. The minimum Gasteiger partial charge on any atom is -0.496 e. The summed E-state index contributed by atoms with van der Waals surface area (Å²) in [6.45, 7) is 1.87. The van der Waals surface area contributed by atoms with Crippen LogP contribution in [0.3, 0.4) is 0 Å². The zero-order valence-corrected chi connectivity index (χ0v) is 11.1. The third-order valence-corrected chi connectivity index (χ3v) is 2.57. The highest BCUT2D eigenvalue weighted by Crippen LogP contribution is 2.32. The molecule has 2 aromatic rings. The van der Waals surface area contributed by atoms with Crippen LogP contribution in [0.1, 0.15) is 5.69 Å². The molecule has 0 spiro atoms. The maximum atomic E-state index is 5.83. The smallest absolute Gasteiger partial charge is 0.242 e. The average molecular weight is 260 g/mol. The Morgan fingerprint density at radius 3 is 2.11 bits per heavy atom. The number of ether oxygens (including phenoxy) is 3. The molecule has 100 valence electrons. The van der Waals surface area contributed by atoms with Gasteiger partial charge in [0.05, 0.1) is 19.9 Å². The highest BCUT2D eigenvalue weighted by atomic mass is 16.5. The maximum Gasteiger partial charge on any atom is 0.242 e. The standard InChI is InChI=1S/C14H16N2O3/c1-9-4-5-13(15)14(16-9)19-12-7-10(17-2)6-11(8-12)18-3/h4-8H,15H2,1-3H3. The van der Waals surface area contributed by atoms with Gasteiger partial charge in [-0.25, -0.2) is 4.98 Å². The number of benzene rings is 1. The Bertz CT molecular complexity index is 563. The first-order chi connectivity index (χ1) is 9.12. The summed E-state index contributed by atoms with van der Waals surface area (Å²) < 4.78 is 16.0. The Morgan fingerprint density at radius 2 is 1.53 bits per heavy atom. The largest absolute Gasteiger partial charge is 0.496 e. The number of rotatable bonds is 4. The second kappa shape index (κ2) is 5.48. The molecular formula is C14H16N2O3. The number of hydrogen-bond acceptors (Lipinski definition) is 5. The van der Waals surface area contributed by atoms with Gasteiger partial charge in [0.15, 0.2) is 0 Å². The summed E-state index contributed by atoms with van der Waals surface area (Å²) in [4.78, 5) is 4.25. The van der Waals surface area contributed by atoms with Crippen molar-refractivity contribution in [3.63, 3.8) is 0 Å². The van der Waals surface area contributed by atoms with E-state index in [2.05, 4.69) is 4.98 Å². The van der Waals surface area contributed by atoms with Gasteiger partial charge in [-0.15, -0.1) is 0 Å². The van der Waals surface area contributed by atoms with Gasteiger partial charge in [0.1, 0.15) is 17.2 Å². The quantitative estimate of drug-likeness (QED) is 0.915. The summed E-state index contributed by atoms with van der Waals surface area (Å²) in [5.41, 5.74) is 7.14. The summed E-state index contributed by atoms with van der Waals surface area (Å²) in [7, 11) is 3.16. The van der Waals surface area contributed by atoms with Crippen LogP contribution in [0.25, 0.3) is 0 Å². The molecule has 0 unspecified atom stereocenters. The fraction of sp³-hybridized carbons (Fsp3) is 0.214. The Morgan fingerprint density at radius 1 is 0.947 bits per heavy atom. The zero-order valence-electron chi connectivity index (χ0n) is 11.1. The van der Waals surface area contributed by atoms with Crippen molar-refractivity contribution < 1.29 is 14.2 Å². The molecule has 5 nitrogen and oxygen atoms in total. The molecule has 1 heterocycles. The van der Waals surface area contributed by atoms with Crippen LogP contribution in [0.4, 0.5) is 5.69 Å². The van der Waals surface area contributed by atoms with Crippen molar-refractivity contribution in [1.29, 1.82) is 0 Å². The van der Waals surface area contributed by atoms with Crippen LogP contribution in [-0.2, 0) is 0 Å². The van der Waals surface area contributed by atoms with E-state index >= 15 is 0 Å². The molecule has 0 aliphatic rings. The molecule has 0 amide bonds. The normalized spacial score (nSPS) is 10.1. The Labute approximate surface area is 111 Å². The van der Waals surface area contributed by atoms with Gasteiger partial charge in [-0.1, -0.05) is 0 Å². The summed E-state index contributed by atoms with van der Waals surface area (Å²) in [6, 6.07) is 8.83. The molecule has 19 heavy (non-hydrogen) atoms. The number of aryl methyl sites for hydroxylation is 1. The number of anilines is 1. The number of pyridine rings is 1. The number of nitrogens with two attached hydrogens (primary N) is 1. The lowest BCUT2D eigenvalue weighted by atomic mass is 10.3. The van der Waals surface area contributed by atoms with Crippen LogP contribution >= 0.6 is 0 Å². The molecule has 0 bridgehead atoms. The number of aromatic nitrogens is 1. The van der Waals surface area contributed by atoms with Crippen LogP contribution in [0.15, 0.2) is 30.3 Å². The fourth-order valence-corrected chi connectivity index (χ4v) is 1.58. The average Bonchev–Trinajstić information content (AvgIpc) is 2.42. The second-order valence-electron chi connectivity index (χ2n) is 4.00. The van der Waals surface area contributed by atoms with E-state index < -0.39 is 0 Å². The maximum absolute atomic E-state index is 5.83. The van der Waals surface area contributed by atoms with E-state index in [4.69, 9.17) is 19.9 Å². The summed E-state index contributed by atoms with van der Waals surface area (Å²) in [5.74, 6) is 2.21. The van der Waals surface area contributed by atoms with E-state index in [9.17, 15) is 0 Å². The summed E-state index contributed by atoms with van der Waals surface area (Å²) in [5, 5.41) is 0. The van der Waals surface area contributed by atoms with Gasteiger partial charge in [0, 0.05) is 23.9 Å². The third-order valence-electron chi connectivity index (χ3n) is 2.57. The molecule has 0 saturated heterocycles. The van der Waals surface area contributed by atoms with Gasteiger partial charge in [-0.3, -0.25) is 0 Å². The van der Waals surface area contributed by atoms with E-state index in [0.29, 0.717) is 28.8 Å². The fourth-order valence-electron chi connectivity index (χ4n) is 1.58. The van der Waals surface area contributed by atoms with E-state index in [0.717, 1.165) is 5.69 Å². The first-order valence-electron chi connectivity index (χ1n) is 5.76. The molecule has 5 heteroatoms. The van der Waals surface area contributed by atoms with E-state index in [1.165, 1.54) is 0 Å². The van der Waals surface area contributed by atoms with Crippen molar-refractivity contribution in [2.75, 3.05) is 20.0 Å². The van der Waals surface area contributed by atoms with Crippen LogP contribution < -0.4 is 19.9 Å². The monoisotopic (exact) mass is 260 g/mol. The Kier molecular flexibility index (Phi) is 3.75. The molecule has 0 aliphatic carbocycles. The molecule has 0 radical (unpaired) electrons. The molecule has 2 N–H and O–H groups in total. The van der Waals surface area contributed by atoms with Crippen molar-refractivity contribution in [2.45, 2.75) is 6.92 Å². The molecule has 2 rings (SSSR count). The topological polar surface area (TPSA) is 66.6 Å². The highest BCUT2D eigenvalue weighted by molar-refractivity contribution is 5.51. The number of methoxy groups -OCH3 is 2. The zero-order chi connectivity index (χ0) is 13.8. The van der Waals surface area contributed by atoms with Gasteiger partial charge in [0.25, 0.3) is 0 Å². The number of nitrogen functional groups attached to an aromatic ring is 1. The van der Waals surface area contributed by atoms with Crippen molar-refractivity contribution in [2.24, 2.45) is 0 Å². The molecule has 1 aromatic carbocycles. The van der Waals surface area contributed by atoms with Crippen LogP contribution in [-0.4, -0.2) is 19.2 Å². The van der Waals surface area contributed by atoms with Crippen molar-refractivity contribution in [1.82, 2.24) is 4.98 Å². The molecule has 0 atom stereocenters. The SMILES string of the molecule is COc1cc(OC)cc(Oc2nc(C)ccc2N)c1. The first-order valence-corrected chi connectivity index (χ1v) is 5.76. The van der Waals surface area contributed by atoms with Crippen LogP contribution in [0, 0.1) is 6.92 Å². The van der Waals surface area contributed by atoms with Crippen molar-refractivity contribution in [3.05, 3.63) is 36.0 Å². The molecular weight excluding hydrogens is 244 g/mol. The third kappa shape index (κ3) is 3.07. The summed E-state index contributed by atoms with van der Waals surface area (Å²) >= 11 is 0. The van der Waals surface area contributed by atoms with Gasteiger partial charge >= 0.3 is 0 Å². The lowest BCUT2D eigenvalue weighted by Gasteiger charge is -2.11.